The molecule has 0 aromatic heterocycles. The number of aliphatic hydroxyl groups excluding tert-OH is 1. The highest BCUT2D eigenvalue weighted by atomic mass is 79.9. The molecule has 0 spiro atoms. The van der Waals surface area contributed by atoms with Gasteiger partial charge in [-0.3, -0.25) is 4.79 Å². The monoisotopic (exact) mass is 329 g/mol. The summed E-state index contributed by atoms with van der Waals surface area (Å²) in [5.74, 6) is -0.399. The summed E-state index contributed by atoms with van der Waals surface area (Å²) in [6.07, 6.45) is 1.91. The quantitative estimate of drug-likeness (QED) is 0.906. The molecule has 0 bridgehead atoms. The number of halogens is 2. The largest absolute Gasteiger partial charge is 0.394 e. The molecular formula is C14H17BrFNO2. The Morgan fingerprint density at radius 1 is 1.58 bits per heavy atom. The van der Waals surface area contributed by atoms with E-state index in [0.29, 0.717) is 16.6 Å². The molecule has 1 amide bonds. The van der Waals surface area contributed by atoms with Crippen LogP contribution < -0.4 is 0 Å². The van der Waals surface area contributed by atoms with Crippen molar-refractivity contribution in [3.63, 3.8) is 0 Å². The predicted molar refractivity (Wildman–Crippen MR) is 74.4 cm³/mol. The van der Waals surface area contributed by atoms with E-state index in [2.05, 4.69) is 15.9 Å². The van der Waals surface area contributed by atoms with Crippen LogP contribution in [0.1, 0.15) is 30.1 Å². The molecule has 3 nitrogen and oxygen atoms in total. The lowest BCUT2D eigenvalue weighted by Crippen LogP contribution is -2.49. The first-order chi connectivity index (χ1) is 9.04. The third kappa shape index (κ3) is 2.98. The number of rotatable bonds is 2. The Balaban J connectivity index is 2.29. The molecule has 5 heteroatoms. The number of nitrogens with zero attached hydrogens (tertiary/aromatic N) is 1. The summed E-state index contributed by atoms with van der Waals surface area (Å²) in [7, 11) is 0. The summed E-state index contributed by atoms with van der Waals surface area (Å²) in [5, 5.41) is 9.47. The van der Waals surface area contributed by atoms with Gasteiger partial charge in [-0.25, -0.2) is 4.39 Å². The van der Waals surface area contributed by atoms with Gasteiger partial charge in [0.2, 0.25) is 0 Å². The Bertz CT molecular complexity index is 481. The summed E-state index contributed by atoms with van der Waals surface area (Å²) in [5.41, 5.74) is 0.313. The summed E-state index contributed by atoms with van der Waals surface area (Å²) < 4.78 is 13.9. The van der Waals surface area contributed by atoms with E-state index in [0.717, 1.165) is 12.8 Å². The van der Waals surface area contributed by atoms with Crippen molar-refractivity contribution in [2.24, 2.45) is 5.92 Å². The SMILES string of the molecule is CC1CCCN(C(=O)c2cc(F)ccc2Br)C1CO. The zero-order valence-corrected chi connectivity index (χ0v) is 12.4. The molecule has 2 rings (SSSR count). The number of amides is 1. The summed E-state index contributed by atoms with van der Waals surface area (Å²) >= 11 is 3.28. The zero-order valence-electron chi connectivity index (χ0n) is 10.8. The summed E-state index contributed by atoms with van der Waals surface area (Å²) in [4.78, 5) is 14.2. The molecule has 1 aromatic carbocycles. The molecule has 2 atom stereocenters. The fourth-order valence-electron chi connectivity index (χ4n) is 2.60. The second-order valence-electron chi connectivity index (χ2n) is 4.99. The molecule has 1 aliphatic heterocycles. The van der Waals surface area contributed by atoms with E-state index >= 15 is 0 Å². The van der Waals surface area contributed by atoms with Gasteiger partial charge < -0.3 is 10.0 Å². The maximum absolute atomic E-state index is 13.3. The van der Waals surface area contributed by atoms with E-state index in [4.69, 9.17) is 0 Å². The lowest BCUT2D eigenvalue weighted by molar-refractivity contribution is 0.0357. The molecule has 19 heavy (non-hydrogen) atoms. The van der Waals surface area contributed by atoms with Gasteiger partial charge in [-0.2, -0.15) is 0 Å². The molecule has 104 valence electrons. The van der Waals surface area contributed by atoms with E-state index in [-0.39, 0.29) is 24.5 Å². The highest BCUT2D eigenvalue weighted by molar-refractivity contribution is 9.10. The molecular weight excluding hydrogens is 313 g/mol. The fourth-order valence-corrected chi connectivity index (χ4v) is 3.01. The minimum absolute atomic E-state index is 0.0557. The first kappa shape index (κ1) is 14.5. The van der Waals surface area contributed by atoms with Crippen molar-refractivity contribution in [2.45, 2.75) is 25.8 Å². The predicted octanol–water partition coefficient (Wildman–Crippen LogP) is 2.82. The molecule has 0 radical (unpaired) electrons. The van der Waals surface area contributed by atoms with Crippen molar-refractivity contribution in [1.82, 2.24) is 4.90 Å². The van der Waals surface area contributed by atoms with Crippen LogP contribution in [0.25, 0.3) is 0 Å². The standard InChI is InChI=1S/C14H17BrFNO2/c1-9-3-2-6-17(13(9)8-18)14(19)11-7-10(16)4-5-12(11)15/h4-5,7,9,13,18H,2-3,6,8H2,1H3. The third-order valence-electron chi connectivity index (χ3n) is 3.72. The molecule has 1 aliphatic rings. The van der Waals surface area contributed by atoms with Crippen molar-refractivity contribution in [1.29, 1.82) is 0 Å². The molecule has 1 N–H and O–H groups in total. The highest BCUT2D eigenvalue weighted by Gasteiger charge is 2.32. The van der Waals surface area contributed by atoms with Crippen LogP contribution in [0.2, 0.25) is 0 Å². The fraction of sp³-hybridized carbons (Fsp3) is 0.500. The van der Waals surface area contributed by atoms with Crippen LogP contribution in [0.15, 0.2) is 22.7 Å². The van der Waals surface area contributed by atoms with Crippen LogP contribution in [0.4, 0.5) is 4.39 Å². The van der Waals surface area contributed by atoms with Crippen molar-refractivity contribution >= 4 is 21.8 Å². The second kappa shape index (κ2) is 6.01. The second-order valence-corrected chi connectivity index (χ2v) is 5.85. The first-order valence-corrected chi connectivity index (χ1v) is 7.20. The number of hydrogen-bond donors (Lipinski definition) is 1. The van der Waals surface area contributed by atoms with E-state index in [1.807, 2.05) is 6.92 Å². The number of benzene rings is 1. The number of carbonyl (C=O) groups is 1. The van der Waals surface area contributed by atoms with Crippen LogP contribution in [-0.2, 0) is 0 Å². The normalized spacial score (nSPS) is 23.5. The van der Waals surface area contributed by atoms with E-state index < -0.39 is 5.82 Å². The van der Waals surface area contributed by atoms with Gasteiger partial charge in [0.15, 0.2) is 0 Å². The molecule has 1 heterocycles. The highest BCUT2D eigenvalue weighted by Crippen LogP contribution is 2.27. The van der Waals surface area contributed by atoms with E-state index in [9.17, 15) is 14.3 Å². The van der Waals surface area contributed by atoms with Crippen LogP contribution >= 0.6 is 15.9 Å². The maximum atomic E-state index is 13.3. The molecule has 1 aromatic rings. The van der Waals surface area contributed by atoms with Crippen molar-refractivity contribution in [3.8, 4) is 0 Å². The number of aliphatic hydroxyl groups is 1. The van der Waals surface area contributed by atoms with Gasteiger partial charge in [0.05, 0.1) is 18.2 Å². The Morgan fingerprint density at radius 2 is 2.32 bits per heavy atom. The van der Waals surface area contributed by atoms with Crippen molar-refractivity contribution in [3.05, 3.63) is 34.1 Å². The minimum Gasteiger partial charge on any atom is -0.394 e. The van der Waals surface area contributed by atoms with Crippen molar-refractivity contribution in [2.75, 3.05) is 13.2 Å². The molecule has 1 saturated heterocycles. The number of hydrogen-bond acceptors (Lipinski definition) is 2. The number of carbonyl (C=O) groups excluding carboxylic acids is 1. The average Bonchev–Trinajstić information content (AvgIpc) is 2.40. The Hall–Kier alpha value is -0.940. The van der Waals surface area contributed by atoms with Gasteiger partial charge >= 0.3 is 0 Å². The van der Waals surface area contributed by atoms with Crippen LogP contribution in [0.3, 0.4) is 0 Å². The van der Waals surface area contributed by atoms with Gasteiger partial charge in [-0.1, -0.05) is 6.92 Å². The van der Waals surface area contributed by atoms with Gasteiger partial charge in [-0.15, -0.1) is 0 Å². The molecule has 0 aliphatic carbocycles. The Morgan fingerprint density at radius 3 is 3.00 bits per heavy atom. The van der Waals surface area contributed by atoms with E-state index in [1.54, 1.807) is 4.90 Å². The van der Waals surface area contributed by atoms with Crippen LogP contribution in [0.5, 0.6) is 0 Å². The van der Waals surface area contributed by atoms with Gasteiger partial charge in [0, 0.05) is 11.0 Å². The summed E-state index contributed by atoms with van der Waals surface area (Å²) in [6.45, 7) is 2.58. The molecule has 0 saturated carbocycles. The van der Waals surface area contributed by atoms with Crippen molar-refractivity contribution < 1.29 is 14.3 Å². The van der Waals surface area contributed by atoms with E-state index in [1.165, 1.54) is 18.2 Å². The topological polar surface area (TPSA) is 40.5 Å². The van der Waals surface area contributed by atoms with Gasteiger partial charge in [-0.05, 0) is 52.9 Å². The third-order valence-corrected chi connectivity index (χ3v) is 4.41. The van der Waals surface area contributed by atoms with Crippen LogP contribution in [-0.4, -0.2) is 35.1 Å². The molecule has 2 unspecified atom stereocenters. The van der Waals surface area contributed by atoms with Gasteiger partial charge in [0.25, 0.3) is 5.91 Å². The lowest BCUT2D eigenvalue weighted by Gasteiger charge is -2.39. The summed E-state index contributed by atoms with van der Waals surface area (Å²) in [6, 6.07) is 3.89. The van der Waals surface area contributed by atoms with Crippen LogP contribution in [0, 0.1) is 11.7 Å². The molecule has 1 fully saturated rings. The average molecular weight is 330 g/mol. The lowest BCUT2D eigenvalue weighted by atomic mass is 9.90. The number of likely N-dealkylation sites (tertiary alicyclic amines) is 1. The number of piperidine rings is 1. The smallest absolute Gasteiger partial charge is 0.255 e. The Labute approximate surface area is 120 Å². The minimum atomic E-state index is -0.433. The Kier molecular flexibility index (Phi) is 4.58. The zero-order chi connectivity index (χ0) is 14.0. The first-order valence-electron chi connectivity index (χ1n) is 6.41. The van der Waals surface area contributed by atoms with Gasteiger partial charge in [0.1, 0.15) is 5.82 Å². The maximum Gasteiger partial charge on any atom is 0.255 e.